The van der Waals surface area contributed by atoms with Crippen molar-refractivity contribution in [1.82, 2.24) is 4.31 Å². The van der Waals surface area contributed by atoms with Gasteiger partial charge in [-0.25, -0.2) is 8.42 Å². The number of rotatable bonds is 2. The van der Waals surface area contributed by atoms with Gasteiger partial charge < -0.3 is 5.11 Å². The molecule has 9 heteroatoms. The number of Topliss-reactive ketones (excluding diaryl/α,β-unsaturated/α-hetero) is 1. The molecule has 2 aromatic rings. The SMILES string of the molecule is CN1C(C(=O)c2ccc(C(F)(F)F)cc2)=C(O)c2ccccc2S1(=O)=O. The van der Waals surface area contributed by atoms with E-state index in [1.54, 1.807) is 0 Å². The van der Waals surface area contributed by atoms with Gasteiger partial charge in [-0.2, -0.15) is 13.2 Å². The largest absolute Gasteiger partial charge is 0.505 e. The lowest BCUT2D eigenvalue weighted by atomic mass is 10.0. The highest BCUT2D eigenvalue weighted by Crippen LogP contribution is 2.36. The third-order valence-electron chi connectivity index (χ3n) is 4.01. The van der Waals surface area contributed by atoms with Crippen LogP contribution in [0.25, 0.3) is 5.76 Å². The van der Waals surface area contributed by atoms with E-state index in [2.05, 4.69) is 0 Å². The van der Waals surface area contributed by atoms with E-state index >= 15 is 0 Å². The van der Waals surface area contributed by atoms with E-state index in [1.807, 2.05) is 0 Å². The van der Waals surface area contributed by atoms with Crippen molar-refractivity contribution in [2.24, 2.45) is 0 Å². The van der Waals surface area contributed by atoms with Crippen LogP contribution in [-0.2, 0) is 16.2 Å². The summed E-state index contributed by atoms with van der Waals surface area (Å²) >= 11 is 0. The molecule has 0 bridgehead atoms. The second-order valence-corrected chi connectivity index (χ2v) is 7.51. The molecule has 2 aromatic carbocycles. The minimum Gasteiger partial charge on any atom is -0.505 e. The highest BCUT2D eigenvalue weighted by Gasteiger charge is 2.38. The Morgan fingerprint density at radius 1 is 1.04 bits per heavy atom. The van der Waals surface area contributed by atoms with Crippen molar-refractivity contribution in [3.63, 3.8) is 0 Å². The number of allylic oxidation sites excluding steroid dienone is 1. The van der Waals surface area contributed by atoms with Gasteiger partial charge in [-0.15, -0.1) is 0 Å². The molecule has 26 heavy (non-hydrogen) atoms. The first-order chi connectivity index (χ1) is 12.0. The summed E-state index contributed by atoms with van der Waals surface area (Å²) in [4.78, 5) is 12.5. The zero-order chi connectivity index (χ0) is 19.3. The summed E-state index contributed by atoms with van der Waals surface area (Å²) in [7, 11) is -2.98. The molecule has 0 saturated heterocycles. The quantitative estimate of drug-likeness (QED) is 0.806. The van der Waals surface area contributed by atoms with Crippen LogP contribution < -0.4 is 0 Å². The van der Waals surface area contributed by atoms with Gasteiger partial charge in [-0.3, -0.25) is 9.10 Å². The van der Waals surface area contributed by atoms with Crippen molar-refractivity contribution in [2.75, 3.05) is 7.05 Å². The molecule has 0 unspecified atom stereocenters. The number of hydrogen-bond donors (Lipinski definition) is 1. The van der Waals surface area contributed by atoms with Crippen molar-refractivity contribution >= 4 is 21.6 Å². The van der Waals surface area contributed by atoms with Crippen molar-refractivity contribution in [3.8, 4) is 0 Å². The number of hydrogen-bond acceptors (Lipinski definition) is 4. The van der Waals surface area contributed by atoms with E-state index in [-0.39, 0.29) is 16.0 Å². The van der Waals surface area contributed by atoms with E-state index in [1.165, 1.54) is 24.3 Å². The summed E-state index contributed by atoms with van der Waals surface area (Å²) in [5, 5.41) is 10.4. The molecule has 0 radical (unpaired) electrons. The van der Waals surface area contributed by atoms with Gasteiger partial charge in [-0.05, 0) is 24.3 Å². The number of sulfonamides is 1. The van der Waals surface area contributed by atoms with Gasteiger partial charge in [0.1, 0.15) is 5.70 Å². The molecule has 5 nitrogen and oxygen atoms in total. The molecule has 0 spiro atoms. The lowest BCUT2D eigenvalue weighted by Gasteiger charge is -2.28. The van der Waals surface area contributed by atoms with E-state index < -0.39 is 39.0 Å². The topological polar surface area (TPSA) is 74.7 Å². The second kappa shape index (κ2) is 5.87. The van der Waals surface area contributed by atoms with Crippen molar-refractivity contribution in [3.05, 3.63) is 70.9 Å². The van der Waals surface area contributed by atoms with Gasteiger partial charge in [0.25, 0.3) is 10.0 Å². The molecule has 1 heterocycles. The number of fused-ring (bicyclic) bond motifs is 1. The number of ketones is 1. The van der Waals surface area contributed by atoms with Crippen LogP contribution in [0.3, 0.4) is 0 Å². The molecule has 0 saturated carbocycles. The maximum absolute atomic E-state index is 12.7. The van der Waals surface area contributed by atoms with E-state index in [0.29, 0.717) is 4.31 Å². The number of halogens is 3. The molecular weight excluding hydrogens is 371 g/mol. The Kier molecular flexibility index (Phi) is 4.06. The van der Waals surface area contributed by atoms with Gasteiger partial charge in [0.05, 0.1) is 10.5 Å². The fraction of sp³-hybridized carbons (Fsp3) is 0.118. The Balaban J connectivity index is 2.12. The summed E-state index contributed by atoms with van der Waals surface area (Å²) < 4.78 is 63.7. The van der Waals surface area contributed by atoms with Crippen LogP contribution in [0.2, 0.25) is 0 Å². The number of likely N-dealkylation sites (N-methyl/N-ethyl adjacent to an activating group) is 1. The lowest BCUT2D eigenvalue weighted by molar-refractivity contribution is -0.137. The highest BCUT2D eigenvalue weighted by molar-refractivity contribution is 7.89. The average molecular weight is 383 g/mol. The molecule has 0 aliphatic carbocycles. The first-order valence-electron chi connectivity index (χ1n) is 7.28. The molecule has 1 aliphatic rings. The first-order valence-corrected chi connectivity index (χ1v) is 8.72. The molecule has 0 amide bonds. The zero-order valence-electron chi connectivity index (χ0n) is 13.3. The van der Waals surface area contributed by atoms with Gasteiger partial charge >= 0.3 is 6.18 Å². The molecule has 0 fully saturated rings. The average Bonchev–Trinajstić information content (AvgIpc) is 2.60. The number of aliphatic hydroxyl groups excluding tert-OH is 1. The molecule has 0 aromatic heterocycles. The number of carbonyl (C=O) groups excluding carboxylic acids is 1. The predicted molar refractivity (Wildman–Crippen MR) is 86.7 cm³/mol. The number of carbonyl (C=O) groups is 1. The summed E-state index contributed by atoms with van der Waals surface area (Å²) in [6.07, 6.45) is -4.56. The number of nitrogens with zero attached hydrogens (tertiary/aromatic N) is 1. The predicted octanol–water partition coefficient (Wildman–Crippen LogP) is 3.45. The van der Waals surface area contributed by atoms with Crippen LogP contribution in [0.5, 0.6) is 0 Å². The molecular formula is C17H12F3NO4S. The Morgan fingerprint density at radius 3 is 2.19 bits per heavy atom. The summed E-state index contributed by atoms with van der Waals surface area (Å²) in [6, 6.07) is 8.91. The normalized spacial score (nSPS) is 16.4. The van der Waals surface area contributed by atoms with Crippen LogP contribution in [-0.4, -0.2) is 30.7 Å². The smallest absolute Gasteiger partial charge is 0.416 e. The maximum atomic E-state index is 12.7. The number of alkyl halides is 3. The zero-order valence-corrected chi connectivity index (χ0v) is 14.1. The van der Waals surface area contributed by atoms with Gasteiger partial charge in [-0.1, -0.05) is 24.3 Å². The van der Waals surface area contributed by atoms with Crippen molar-refractivity contribution in [2.45, 2.75) is 11.1 Å². The minimum absolute atomic E-state index is 0.0409. The number of aliphatic hydroxyl groups is 1. The summed E-state index contributed by atoms with van der Waals surface area (Å²) in [5.74, 6) is -1.46. The van der Waals surface area contributed by atoms with Crippen LogP contribution in [0, 0.1) is 0 Å². The fourth-order valence-corrected chi connectivity index (χ4v) is 4.03. The Bertz CT molecular complexity index is 1020. The van der Waals surface area contributed by atoms with Crippen LogP contribution in [0.15, 0.2) is 59.1 Å². The highest BCUT2D eigenvalue weighted by atomic mass is 32.2. The Hall–Kier alpha value is -2.81. The van der Waals surface area contributed by atoms with Crippen LogP contribution in [0.1, 0.15) is 21.5 Å². The second-order valence-electron chi connectivity index (χ2n) is 5.57. The van der Waals surface area contributed by atoms with Crippen molar-refractivity contribution in [1.29, 1.82) is 0 Å². The molecule has 1 aliphatic heterocycles. The summed E-state index contributed by atoms with van der Waals surface area (Å²) in [6.45, 7) is 0. The molecule has 3 rings (SSSR count). The van der Waals surface area contributed by atoms with Crippen molar-refractivity contribution < 1.29 is 31.5 Å². The van der Waals surface area contributed by atoms with Crippen LogP contribution in [0.4, 0.5) is 13.2 Å². The molecule has 0 atom stereocenters. The third kappa shape index (κ3) is 2.74. The van der Waals surface area contributed by atoms with E-state index in [0.717, 1.165) is 31.3 Å². The van der Waals surface area contributed by atoms with Gasteiger partial charge in [0.15, 0.2) is 5.76 Å². The lowest BCUT2D eigenvalue weighted by Crippen LogP contribution is -2.35. The third-order valence-corrected chi connectivity index (χ3v) is 5.82. The Morgan fingerprint density at radius 2 is 1.62 bits per heavy atom. The van der Waals surface area contributed by atoms with E-state index in [9.17, 15) is 31.5 Å². The maximum Gasteiger partial charge on any atom is 0.416 e. The standard InChI is InChI=1S/C17H12F3NO4S/c1-21-14(15(22)10-6-8-11(9-7-10)17(18,19)20)16(23)12-4-2-3-5-13(12)26(21,24)25/h2-9,23H,1H3. The number of benzene rings is 2. The van der Waals surface area contributed by atoms with Gasteiger partial charge in [0, 0.05) is 18.2 Å². The minimum atomic E-state index is -4.56. The molecule has 136 valence electrons. The first kappa shape index (κ1) is 18.0. The summed E-state index contributed by atoms with van der Waals surface area (Å²) in [5.41, 5.74) is -1.69. The van der Waals surface area contributed by atoms with Gasteiger partial charge in [0.2, 0.25) is 5.78 Å². The monoisotopic (exact) mass is 383 g/mol. The van der Waals surface area contributed by atoms with Crippen LogP contribution >= 0.6 is 0 Å². The molecule has 1 N–H and O–H groups in total. The van der Waals surface area contributed by atoms with E-state index in [4.69, 9.17) is 0 Å². The Labute approximate surface area is 147 Å². The fourth-order valence-electron chi connectivity index (χ4n) is 2.63.